The zero-order valence-electron chi connectivity index (χ0n) is 75.0. The number of imidazole rings is 1. The number of carbonyl (C=O) groups is 17. The van der Waals surface area contributed by atoms with Crippen LogP contribution in [0.2, 0.25) is 0 Å². The number of thioether (sulfide) groups is 1. The number of hydrogen-bond donors (Lipinski definition) is 16. The Labute approximate surface area is 753 Å². The molecule has 0 unspecified atom stereocenters. The molecule has 3 aromatic carbocycles. The van der Waals surface area contributed by atoms with Crippen molar-refractivity contribution in [3.63, 3.8) is 0 Å². The molecule has 40 heteroatoms. The number of aliphatic hydroxyl groups is 1. The lowest BCUT2D eigenvalue weighted by atomic mass is 9.96. The van der Waals surface area contributed by atoms with Gasteiger partial charge in [0.05, 0.1) is 38.2 Å². The van der Waals surface area contributed by atoms with Crippen LogP contribution in [-0.2, 0) is 107 Å². The van der Waals surface area contributed by atoms with E-state index in [1.807, 2.05) is 13.8 Å². The number of likely N-dealkylation sites (N-methyl/N-ethyl adjacent to an activating group) is 4. The summed E-state index contributed by atoms with van der Waals surface area (Å²) in [4.78, 5) is 267. The van der Waals surface area contributed by atoms with Gasteiger partial charge in [0.25, 0.3) is 0 Å². The average molecular weight is 1810 g/mol. The van der Waals surface area contributed by atoms with E-state index in [1.54, 1.807) is 119 Å². The van der Waals surface area contributed by atoms with Crippen LogP contribution in [0.3, 0.4) is 0 Å². The van der Waals surface area contributed by atoms with E-state index in [1.165, 1.54) is 57.4 Å². The fraction of sp³-hybridized carbons (Fsp3) is 0.528. The number of primary amides is 2. The monoisotopic (exact) mass is 1810 g/mol. The smallest absolute Gasteiger partial charge is 0.246 e. The molecule has 0 spiro atoms. The maximum absolute atomic E-state index is 15.7. The lowest BCUT2D eigenvalue weighted by molar-refractivity contribution is -0.149. The van der Waals surface area contributed by atoms with Crippen molar-refractivity contribution in [2.45, 2.75) is 223 Å². The number of H-pyrrole nitrogens is 3. The molecule has 700 valence electrons. The van der Waals surface area contributed by atoms with Crippen molar-refractivity contribution in [1.82, 2.24) is 97.6 Å². The first-order valence-corrected chi connectivity index (χ1v) is 44.8. The molecule has 39 nitrogen and oxygen atoms in total. The highest BCUT2D eigenvalue weighted by atomic mass is 32.2. The number of unbranched alkanes of at least 4 members (excludes halogenated alkanes) is 2. The molecule has 5 heterocycles. The Hall–Kier alpha value is -12.8. The van der Waals surface area contributed by atoms with Crippen molar-refractivity contribution in [2.75, 3.05) is 65.9 Å². The number of amides is 17. The van der Waals surface area contributed by atoms with Gasteiger partial charge in [-0.25, -0.2) is 4.98 Å². The van der Waals surface area contributed by atoms with Gasteiger partial charge in [0, 0.05) is 112 Å². The second kappa shape index (κ2) is 49.0. The number of fused-ring (bicyclic) bond motifs is 3. The zero-order valence-corrected chi connectivity index (χ0v) is 75.8. The predicted octanol–water partition coefficient (Wildman–Crippen LogP) is -0.355. The van der Waals surface area contributed by atoms with Crippen LogP contribution in [0.15, 0.2) is 104 Å². The van der Waals surface area contributed by atoms with Crippen LogP contribution in [0.1, 0.15) is 141 Å². The molecular weight excluding hydrogens is 1680 g/mol. The molecule has 2 aliphatic rings. The number of carbonyl (C=O) groups excluding carboxylic acids is 17. The summed E-state index contributed by atoms with van der Waals surface area (Å²) in [7, 11) is 5.33. The van der Waals surface area contributed by atoms with Crippen LogP contribution in [0.5, 0.6) is 0 Å². The summed E-state index contributed by atoms with van der Waals surface area (Å²) in [5, 5.41) is 39.2. The van der Waals surface area contributed by atoms with Gasteiger partial charge >= 0.3 is 0 Å². The second-order valence-corrected chi connectivity index (χ2v) is 34.5. The van der Waals surface area contributed by atoms with Crippen molar-refractivity contribution < 1.29 is 86.6 Å². The Kier molecular flexibility index (Phi) is 38.6. The summed E-state index contributed by atoms with van der Waals surface area (Å²) in [6, 6.07) is 3.47. The van der Waals surface area contributed by atoms with Gasteiger partial charge in [-0.3, -0.25) is 81.5 Å². The molecule has 2 saturated heterocycles. The van der Waals surface area contributed by atoms with Crippen molar-refractivity contribution >= 4 is 134 Å². The van der Waals surface area contributed by atoms with Crippen LogP contribution in [0.4, 0.5) is 0 Å². The van der Waals surface area contributed by atoms with E-state index in [0.717, 1.165) is 26.5 Å². The summed E-state index contributed by atoms with van der Waals surface area (Å²) in [5.41, 5.74) is 14.5. The number of para-hydroxylation sites is 2. The number of benzene rings is 3. The summed E-state index contributed by atoms with van der Waals surface area (Å²) in [6.07, 6.45) is 6.77. The van der Waals surface area contributed by atoms with E-state index in [9.17, 15) is 62.6 Å². The first kappa shape index (κ1) is 102. The second-order valence-electron chi connectivity index (χ2n) is 33.5. The van der Waals surface area contributed by atoms with Crippen LogP contribution < -0.4 is 64.6 Å². The van der Waals surface area contributed by atoms with Crippen molar-refractivity contribution in [3.8, 4) is 0 Å². The highest BCUT2D eigenvalue weighted by molar-refractivity contribution is 8.00. The van der Waals surface area contributed by atoms with Crippen molar-refractivity contribution in [1.29, 1.82) is 0 Å². The van der Waals surface area contributed by atoms with Gasteiger partial charge in [-0.2, -0.15) is 0 Å². The number of aromatic amines is 3. The zero-order chi connectivity index (χ0) is 94.5. The Morgan fingerprint density at radius 2 is 1.09 bits per heavy atom. The van der Waals surface area contributed by atoms with Crippen LogP contribution in [0.25, 0.3) is 21.8 Å². The number of rotatable bonds is 24. The quantitative estimate of drug-likeness (QED) is 0.0368. The van der Waals surface area contributed by atoms with Crippen LogP contribution in [-0.4, -0.2) is 294 Å². The third-order valence-corrected chi connectivity index (χ3v) is 24.3. The Balaban J connectivity index is 1.17. The first-order valence-electron chi connectivity index (χ1n) is 43.7. The molecule has 17 amide bonds. The Morgan fingerprint density at radius 1 is 0.543 bits per heavy atom. The topological polar surface area (TPSA) is 559 Å². The molecule has 0 bridgehead atoms. The fourth-order valence-electron chi connectivity index (χ4n) is 15.7. The van der Waals surface area contributed by atoms with Gasteiger partial charge < -0.3 is 109 Å². The number of nitrogens with zero attached hydrogens (tertiary/aromatic N) is 6. The highest BCUT2D eigenvalue weighted by Crippen LogP contribution is 2.26. The molecule has 2 aliphatic heterocycles. The third kappa shape index (κ3) is 28.6. The number of nitrogens with one attached hydrogen (secondary N) is 13. The molecule has 14 atom stereocenters. The van der Waals surface area contributed by atoms with Gasteiger partial charge in [-0.1, -0.05) is 140 Å². The summed E-state index contributed by atoms with van der Waals surface area (Å²) in [6.45, 7) is 9.48. The molecule has 6 aromatic rings. The van der Waals surface area contributed by atoms with E-state index >= 15 is 24.0 Å². The maximum atomic E-state index is 15.7. The van der Waals surface area contributed by atoms with E-state index in [0.29, 0.717) is 69.9 Å². The highest BCUT2D eigenvalue weighted by Gasteiger charge is 2.44. The maximum Gasteiger partial charge on any atom is 0.246 e. The fourth-order valence-corrected chi connectivity index (χ4v) is 16.5. The summed E-state index contributed by atoms with van der Waals surface area (Å²) in [5.74, 6) is -16.8. The lowest BCUT2D eigenvalue weighted by Crippen LogP contribution is -2.61. The van der Waals surface area contributed by atoms with E-state index in [-0.39, 0.29) is 82.4 Å². The van der Waals surface area contributed by atoms with E-state index in [4.69, 9.17) is 11.5 Å². The predicted molar refractivity (Wildman–Crippen MR) is 480 cm³/mol. The summed E-state index contributed by atoms with van der Waals surface area (Å²) >= 11 is 0.832. The van der Waals surface area contributed by atoms with Crippen molar-refractivity contribution in [3.05, 3.63) is 126 Å². The molecule has 18 N–H and O–H groups in total. The number of aromatic nitrogens is 4. The van der Waals surface area contributed by atoms with Crippen molar-refractivity contribution in [2.24, 2.45) is 23.3 Å². The first-order chi connectivity index (χ1) is 61.5. The van der Waals surface area contributed by atoms with E-state index < -0.39 is 217 Å². The standard InChI is InChI=1S/C89H125N21O18S/c1-12-15-31-69-82(121)105-76(51(6)14-3)84(123)104-68(78(117)95-44-73(91)113)47-129-48-75(115)98-64(36-53-25-18-17-19-26-53)86(125)107(9)52(7)77(116)100-66(40-72(90)112)88(127)110-34-24-33-70(110)83(122)99-62(39-56-43-92-49-96-56)80(119)101-63(35-50(4)5)85(124)106(8)45-74(114)97-61(37-54-41-93-59-29-22-20-27-57(54)59)79(118)103-67(46-111)81(120)102-65(38-55-42-94-60-30-23-21-28-58(55)60)87(126)109(11)71(32-16-13-2)89(128)108(69)10/h17-23,25-30,41-43,49-52,61-71,76,93-94,111H,12-16,24,31-40,44-48H2,1-11H3,(H2,90,112)(H2,91,113)(H,92,96)(H,95,117)(H,97,114)(H,98,115)(H,99,122)(H,100,116)(H,101,119)(H,102,120)(H,103,118)(H,104,123)(H,105,121)/t51-,52-,61-,62-,63-,64-,65-,66-,67-,68-,69-,70-,71-,76-/m0/s1. The Morgan fingerprint density at radius 3 is 1.67 bits per heavy atom. The van der Waals surface area contributed by atoms with Gasteiger partial charge in [0.15, 0.2) is 0 Å². The summed E-state index contributed by atoms with van der Waals surface area (Å²) < 4.78 is 0. The molecular formula is C89H125N21O18S. The molecule has 0 saturated carbocycles. The lowest BCUT2D eigenvalue weighted by Gasteiger charge is -2.37. The Bertz CT molecular complexity index is 4930. The van der Waals surface area contributed by atoms with Gasteiger partial charge in [0.1, 0.15) is 78.5 Å². The molecule has 3 aromatic heterocycles. The largest absolute Gasteiger partial charge is 0.394 e. The number of aliphatic hydroxyl groups excluding tert-OH is 1. The van der Waals surface area contributed by atoms with Gasteiger partial charge in [-0.15, -0.1) is 11.8 Å². The molecule has 0 radical (unpaired) electrons. The van der Waals surface area contributed by atoms with E-state index in [2.05, 4.69) is 73.1 Å². The van der Waals surface area contributed by atoms with Crippen LogP contribution >= 0.6 is 11.8 Å². The minimum atomic E-state index is -1.83. The molecule has 129 heavy (non-hydrogen) atoms. The average Bonchev–Trinajstić information content (AvgIpc) is 1.81. The normalized spacial score (nSPS) is 24.1. The van der Waals surface area contributed by atoms with Gasteiger partial charge in [0.2, 0.25) is 100 Å². The minimum Gasteiger partial charge on any atom is -0.394 e. The van der Waals surface area contributed by atoms with Gasteiger partial charge in [-0.05, 0) is 79.7 Å². The number of hydrogen-bond acceptors (Lipinski definition) is 20. The molecule has 8 rings (SSSR count). The SMILES string of the molecule is CCCC[C@H]1C(=O)N(C)[C@@H](CCCC)C(=O)N[C@@H]([C@@H](C)CC)C(=O)N[C@H](C(=O)NCC(N)=O)CSCC(=O)N[C@@H](Cc2ccccc2)C(=O)N(C)[C@@H](C)C(=O)N[C@@H](CC(N)=O)C(=O)N2CCC[C@H]2C(=O)N[C@@H](Cc2cnc[nH]2)C(=O)N[C@@H](CC(C)C)C(=O)N(C)CC(=O)N[C@@H](Cc2c[nH]c3ccccc23)C(=O)N[C@@H](CO)C(=O)N[C@@H](Cc2c[nH]c3ccccc23)C(=O)N1C. The third-order valence-electron chi connectivity index (χ3n) is 23.3. The van der Waals surface area contributed by atoms with Crippen LogP contribution in [0, 0.1) is 11.8 Å². The minimum absolute atomic E-state index is 0.0177. The number of nitrogens with two attached hydrogens (primary N) is 2. The molecule has 2 fully saturated rings. The molecule has 0 aliphatic carbocycles.